The van der Waals surface area contributed by atoms with Gasteiger partial charge in [0.1, 0.15) is 0 Å². The van der Waals surface area contributed by atoms with Crippen LogP contribution in [0.15, 0.2) is 24.3 Å². The Morgan fingerprint density at radius 3 is 2.62 bits per heavy atom. The second-order valence-corrected chi connectivity index (χ2v) is 3.84. The highest BCUT2D eigenvalue weighted by Crippen LogP contribution is 2.19. The summed E-state index contributed by atoms with van der Waals surface area (Å²) in [6, 6.07) is 8.15. The summed E-state index contributed by atoms with van der Waals surface area (Å²) < 4.78 is 0. The molecule has 0 aliphatic rings. The standard InChI is InChI=1S/C13H19NO2/c1-3-14(10-6-9-13(15)16)12-8-5-4-7-11(12)2/h4-5,7-8H,3,6,9-10H2,1-2H3,(H,15,16)/p-1. The van der Waals surface area contributed by atoms with Gasteiger partial charge in [0.05, 0.1) is 0 Å². The molecule has 0 radical (unpaired) electrons. The van der Waals surface area contributed by atoms with Crippen LogP contribution in [0.1, 0.15) is 25.3 Å². The molecule has 3 heteroatoms. The molecule has 3 nitrogen and oxygen atoms in total. The van der Waals surface area contributed by atoms with Gasteiger partial charge in [0.2, 0.25) is 0 Å². The molecule has 0 bridgehead atoms. The zero-order valence-corrected chi connectivity index (χ0v) is 9.90. The van der Waals surface area contributed by atoms with Crippen molar-refractivity contribution in [3.63, 3.8) is 0 Å². The van der Waals surface area contributed by atoms with Crippen LogP contribution in [0.2, 0.25) is 0 Å². The predicted octanol–water partition coefficient (Wildman–Crippen LogP) is 1.35. The number of hydrogen-bond acceptors (Lipinski definition) is 3. The Kier molecular flexibility index (Phi) is 4.83. The largest absolute Gasteiger partial charge is 0.550 e. The third-order valence-electron chi connectivity index (χ3n) is 2.65. The van der Waals surface area contributed by atoms with Crippen molar-refractivity contribution in [2.24, 2.45) is 0 Å². The minimum Gasteiger partial charge on any atom is -0.550 e. The van der Waals surface area contributed by atoms with E-state index in [1.165, 1.54) is 11.3 Å². The minimum absolute atomic E-state index is 0.127. The summed E-state index contributed by atoms with van der Waals surface area (Å²) in [5, 5.41) is 10.3. The van der Waals surface area contributed by atoms with Gasteiger partial charge >= 0.3 is 0 Å². The average Bonchev–Trinajstić information content (AvgIpc) is 2.25. The molecule has 0 spiro atoms. The molecule has 1 rings (SSSR count). The maximum absolute atomic E-state index is 10.3. The lowest BCUT2D eigenvalue weighted by molar-refractivity contribution is -0.305. The summed E-state index contributed by atoms with van der Waals surface area (Å²) >= 11 is 0. The van der Waals surface area contributed by atoms with Crippen LogP contribution >= 0.6 is 0 Å². The Morgan fingerprint density at radius 1 is 1.38 bits per heavy atom. The first kappa shape index (κ1) is 12.6. The van der Waals surface area contributed by atoms with E-state index in [4.69, 9.17) is 0 Å². The summed E-state index contributed by atoms with van der Waals surface area (Å²) in [5.41, 5.74) is 2.40. The second-order valence-electron chi connectivity index (χ2n) is 3.84. The topological polar surface area (TPSA) is 43.4 Å². The quantitative estimate of drug-likeness (QED) is 0.727. The molecule has 0 aromatic heterocycles. The number of anilines is 1. The number of rotatable bonds is 6. The van der Waals surface area contributed by atoms with Crippen molar-refractivity contribution >= 4 is 11.7 Å². The van der Waals surface area contributed by atoms with Crippen molar-refractivity contribution in [2.75, 3.05) is 18.0 Å². The molecule has 0 fully saturated rings. The average molecular weight is 220 g/mol. The molecule has 0 aliphatic carbocycles. The first-order valence-electron chi connectivity index (χ1n) is 5.65. The Labute approximate surface area is 96.7 Å². The second kappa shape index (κ2) is 6.16. The normalized spacial score (nSPS) is 10.1. The molecule has 0 atom stereocenters. The summed E-state index contributed by atoms with van der Waals surface area (Å²) in [4.78, 5) is 12.5. The van der Waals surface area contributed by atoms with Crippen LogP contribution in [-0.2, 0) is 4.79 Å². The van der Waals surface area contributed by atoms with Gasteiger partial charge in [-0.05, 0) is 38.3 Å². The van der Waals surface area contributed by atoms with E-state index in [1.807, 2.05) is 12.1 Å². The number of para-hydroxylation sites is 1. The molecule has 0 N–H and O–H groups in total. The SMILES string of the molecule is CCN(CCCC(=O)[O-])c1ccccc1C. The van der Waals surface area contributed by atoms with E-state index in [0.717, 1.165) is 13.1 Å². The van der Waals surface area contributed by atoms with Gasteiger partial charge in [-0.3, -0.25) is 0 Å². The first-order valence-corrected chi connectivity index (χ1v) is 5.65. The Balaban J connectivity index is 2.60. The number of hydrogen-bond donors (Lipinski definition) is 0. The van der Waals surface area contributed by atoms with Gasteiger partial charge in [-0.25, -0.2) is 0 Å². The molecule has 0 saturated heterocycles. The van der Waals surface area contributed by atoms with Crippen LogP contribution in [0.5, 0.6) is 0 Å². The number of aliphatic carboxylic acids is 1. The van der Waals surface area contributed by atoms with E-state index >= 15 is 0 Å². The van der Waals surface area contributed by atoms with E-state index < -0.39 is 5.97 Å². The van der Waals surface area contributed by atoms with Gasteiger partial charge in [0.15, 0.2) is 0 Å². The Bertz CT molecular complexity index is 350. The van der Waals surface area contributed by atoms with E-state index in [2.05, 4.69) is 30.9 Å². The van der Waals surface area contributed by atoms with Crippen LogP contribution in [0.25, 0.3) is 0 Å². The van der Waals surface area contributed by atoms with Crippen LogP contribution < -0.4 is 10.0 Å². The minimum atomic E-state index is -0.971. The van der Waals surface area contributed by atoms with E-state index in [0.29, 0.717) is 6.42 Å². The molecule has 0 aliphatic heterocycles. The number of carboxylic acid groups (broad SMARTS) is 1. The Morgan fingerprint density at radius 2 is 2.06 bits per heavy atom. The number of carbonyl (C=O) groups excluding carboxylic acids is 1. The highest BCUT2D eigenvalue weighted by Gasteiger charge is 2.05. The monoisotopic (exact) mass is 220 g/mol. The van der Waals surface area contributed by atoms with E-state index in [1.54, 1.807) is 0 Å². The number of nitrogens with zero attached hydrogens (tertiary/aromatic N) is 1. The molecular formula is C13H18NO2-. The fourth-order valence-corrected chi connectivity index (χ4v) is 1.78. The van der Waals surface area contributed by atoms with Crippen LogP contribution in [0, 0.1) is 6.92 Å². The van der Waals surface area contributed by atoms with Crippen molar-refractivity contribution in [1.82, 2.24) is 0 Å². The van der Waals surface area contributed by atoms with Crippen molar-refractivity contribution < 1.29 is 9.90 Å². The number of aryl methyl sites for hydroxylation is 1. The number of carboxylic acids is 1. The van der Waals surface area contributed by atoms with Crippen molar-refractivity contribution in [1.29, 1.82) is 0 Å². The fraction of sp³-hybridized carbons (Fsp3) is 0.462. The fourth-order valence-electron chi connectivity index (χ4n) is 1.78. The zero-order valence-electron chi connectivity index (χ0n) is 9.90. The van der Waals surface area contributed by atoms with Gasteiger partial charge in [-0.2, -0.15) is 0 Å². The molecule has 0 amide bonds. The van der Waals surface area contributed by atoms with E-state index in [-0.39, 0.29) is 6.42 Å². The Hall–Kier alpha value is -1.51. The first-order chi connectivity index (χ1) is 7.65. The maximum Gasteiger partial charge on any atom is 0.0415 e. The molecule has 0 saturated carbocycles. The summed E-state index contributed by atoms with van der Waals surface area (Å²) in [6.45, 7) is 5.79. The summed E-state index contributed by atoms with van der Waals surface area (Å²) in [7, 11) is 0. The predicted molar refractivity (Wildman–Crippen MR) is 63.3 cm³/mol. The third kappa shape index (κ3) is 3.57. The van der Waals surface area contributed by atoms with Crippen LogP contribution in [-0.4, -0.2) is 19.1 Å². The lowest BCUT2D eigenvalue weighted by atomic mass is 10.1. The van der Waals surface area contributed by atoms with Crippen molar-refractivity contribution in [2.45, 2.75) is 26.7 Å². The summed E-state index contributed by atoms with van der Waals surface area (Å²) in [5.74, 6) is -0.971. The highest BCUT2D eigenvalue weighted by atomic mass is 16.4. The maximum atomic E-state index is 10.3. The molecule has 1 aromatic rings. The molecule has 16 heavy (non-hydrogen) atoms. The number of benzene rings is 1. The van der Waals surface area contributed by atoms with Crippen LogP contribution in [0.3, 0.4) is 0 Å². The van der Waals surface area contributed by atoms with Gasteiger partial charge in [-0.1, -0.05) is 18.2 Å². The summed E-state index contributed by atoms with van der Waals surface area (Å²) in [6.07, 6.45) is 0.757. The molecule has 0 heterocycles. The van der Waals surface area contributed by atoms with Crippen LogP contribution in [0.4, 0.5) is 5.69 Å². The molecule has 1 aromatic carbocycles. The van der Waals surface area contributed by atoms with Crippen molar-refractivity contribution in [3.05, 3.63) is 29.8 Å². The molecular weight excluding hydrogens is 202 g/mol. The number of carbonyl (C=O) groups is 1. The molecule has 88 valence electrons. The van der Waals surface area contributed by atoms with Gasteiger partial charge in [0, 0.05) is 24.7 Å². The zero-order chi connectivity index (χ0) is 12.0. The lowest BCUT2D eigenvalue weighted by Gasteiger charge is -2.25. The highest BCUT2D eigenvalue weighted by molar-refractivity contribution is 5.64. The lowest BCUT2D eigenvalue weighted by Crippen LogP contribution is -2.27. The smallest absolute Gasteiger partial charge is 0.0415 e. The molecule has 0 unspecified atom stereocenters. The van der Waals surface area contributed by atoms with Gasteiger partial charge < -0.3 is 14.8 Å². The van der Waals surface area contributed by atoms with Crippen molar-refractivity contribution in [3.8, 4) is 0 Å². The van der Waals surface area contributed by atoms with E-state index in [9.17, 15) is 9.90 Å². The van der Waals surface area contributed by atoms with Gasteiger partial charge in [0.25, 0.3) is 0 Å². The van der Waals surface area contributed by atoms with Gasteiger partial charge in [-0.15, -0.1) is 0 Å². The third-order valence-corrected chi connectivity index (χ3v) is 2.65.